The van der Waals surface area contributed by atoms with E-state index in [0.717, 1.165) is 12.0 Å². The Morgan fingerprint density at radius 2 is 2.26 bits per heavy atom. The highest BCUT2D eigenvalue weighted by molar-refractivity contribution is 5.97. The fourth-order valence-electron chi connectivity index (χ4n) is 2.21. The fraction of sp³-hybridized carbons (Fsp3) is 0.400. The van der Waals surface area contributed by atoms with E-state index in [1.54, 1.807) is 37.1 Å². The van der Waals surface area contributed by atoms with Gasteiger partial charge < -0.3 is 14.7 Å². The lowest BCUT2D eigenvalue weighted by Crippen LogP contribution is -2.35. The second-order valence-corrected chi connectivity index (χ2v) is 4.77. The lowest BCUT2D eigenvalue weighted by molar-refractivity contribution is 0.0761. The van der Waals surface area contributed by atoms with Gasteiger partial charge in [-0.1, -0.05) is 18.2 Å². The molecule has 1 N–H and O–H groups in total. The Hall–Kier alpha value is -1.81. The fourth-order valence-corrected chi connectivity index (χ4v) is 2.21. The van der Waals surface area contributed by atoms with E-state index < -0.39 is 0 Å². The van der Waals surface area contributed by atoms with Crippen molar-refractivity contribution in [2.75, 3.05) is 26.8 Å². The second kappa shape index (κ2) is 5.89. The number of amides is 1. The Morgan fingerprint density at radius 1 is 1.47 bits per heavy atom. The normalized spacial score (nSPS) is 15.3. The average Bonchev–Trinajstić information content (AvgIpc) is 2.42. The Kier molecular flexibility index (Phi) is 4.22. The van der Waals surface area contributed by atoms with Gasteiger partial charge in [-0.2, -0.15) is 0 Å². The number of hydrogen-bond donors (Lipinski definition) is 1. The minimum atomic E-state index is -0.117. The number of rotatable bonds is 3. The third-order valence-corrected chi connectivity index (χ3v) is 3.39. The molecule has 1 aromatic carbocycles. The number of para-hydroxylation sites is 1. The van der Waals surface area contributed by atoms with Crippen molar-refractivity contribution in [3.63, 3.8) is 0 Å². The Morgan fingerprint density at radius 3 is 2.89 bits per heavy atom. The molecular weight excluding hydrogens is 242 g/mol. The number of phenols is 1. The van der Waals surface area contributed by atoms with E-state index in [2.05, 4.69) is 0 Å². The molecule has 0 unspecified atom stereocenters. The molecule has 1 aliphatic heterocycles. The van der Waals surface area contributed by atoms with Crippen molar-refractivity contribution in [3.8, 4) is 5.75 Å². The number of nitrogens with zero attached hydrogens (tertiary/aromatic N) is 1. The molecular formula is C15H19NO3. The lowest BCUT2D eigenvalue weighted by Gasteiger charge is -2.26. The van der Waals surface area contributed by atoms with Crippen molar-refractivity contribution in [1.29, 1.82) is 0 Å². The van der Waals surface area contributed by atoms with Gasteiger partial charge in [-0.15, -0.1) is 0 Å². The monoisotopic (exact) mass is 261 g/mol. The molecule has 1 amide bonds. The predicted octanol–water partition coefficient (Wildman–Crippen LogP) is 2.12. The molecule has 0 aromatic heterocycles. The first-order valence-electron chi connectivity index (χ1n) is 6.38. The van der Waals surface area contributed by atoms with E-state index in [0.29, 0.717) is 25.3 Å². The average molecular weight is 261 g/mol. The first-order chi connectivity index (χ1) is 9.13. The summed E-state index contributed by atoms with van der Waals surface area (Å²) in [5, 5.41) is 9.95. The van der Waals surface area contributed by atoms with Crippen molar-refractivity contribution in [2.24, 2.45) is 0 Å². The molecule has 4 nitrogen and oxygen atoms in total. The quantitative estimate of drug-likeness (QED) is 0.848. The summed E-state index contributed by atoms with van der Waals surface area (Å²) in [4.78, 5) is 14.1. The number of carbonyl (C=O) groups is 1. The van der Waals surface area contributed by atoms with Crippen LogP contribution in [-0.2, 0) is 4.74 Å². The van der Waals surface area contributed by atoms with E-state index in [4.69, 9.17) is 4.74 Å². The van der Waals surface area contributed by atoms with Crippen molar-refractivity contribution >= 4 is 5.91 Å². The minimum Gasteiger partial charge on any atom is -0.507 e. The molecule has 102 valence electrons. The number of benzene rings is 1. The highest BCUT2D eigenvalue weighted by atomic mass is 16.5. The third-order valence-electron chi connectivity index (χ3n) is 3.39. The Bertz CT molecular complexity index is 508. The summed E-state index contributed by atoms with van der Waals surface area (Å²) in [5.41, 5.74) is 2.32. The van der Waals surface area contributed by atoms with E-state index in [1.165, 1.54) is 5.57 Å². The summed E-state index contributed by atoms with van der Waals surface area (Å²) < 4.78 is 5.08. The highest BCUT2D eigenvalue weighted by Gasteiger charge is 2.21. The molecule has 1 aromatic rings. The van der Waals surface area contributed by atoms with Gasteiger partial charge in [-0.25, -0.2) is 0 Å². The van der Waals surface area contributed by atoms with Crippen molar-refractivity contribution in [2.45, 2.75) is 13.3 Å². The first-order valence-corrected chi connectivity index (χ1v) is 6.38. The van der Waals surface area contributed by atoms with Crippen LogP contribution in [0.3, 0.4) is 0 Å². The lowest BCUT2D eigenvalue weighted by atomic mass is 10.1. The van der Waals surface area contributed by atoms with E-state index >= 15 is 0 Å². The van der Waals surface area contributed by atoms with Crippen LogP contribution in [0, 0.1) is 6.92 Å². The summed E-state index contributed by atoms with van der Waals surface area (Å²) >= 11 is 0. The number of aryl methyl sites for hydroxylation is 1. The summed E-state index contributed by atoms with van der Waals surface area (Å²) in [6.45, 7) is 3.66. The number of ether oxygens (including phenoxy) is 1. The molecule has 0 radical (unpaired) electrons. The highest BCUT2D eigenvalue weighted by Crippen LogP contribution is 2.24. The van der Waals surface area contributed by atoms with Crippen LogP contribution in [0.2, 0.25) is 0 Å². The number of carbonyl (C=O) groups excluding carboxylic acids is 1. The zero-order valence-electron chi connectivity index (χ0n) is 11.3. The van der Waals surface area contributed by atoms with E-state index in [1.807, 2.05) is 6.08 Å². The van der Waals surface area contributed by atoms with Gasteiger partial charge in [0.1, 0.15) is 5.75 Å². The first kappa shape index (κ1) is 13.6. The maximum absolute atomic E-state index is 12.3. The van der Waals surface area contributed by atoms with Gasteiger partial charge in [-0.05, 0) is 30.5 Å². The van der Waals surface area contributed by atoms with E-state index in [-0.39, 0.29) is 11.7 Å². The molecule has 2 rings (SSSR count). The summed E-state index contributed by atoms with van der Waals surface area (Å²) in [6.07, 6.45) is 2.85. The van der Waals surface area contributed by atoms with Crippen molar-refractivity contribution < 1.29 is 14.6 Å². The number of aromatic hydroxyl groups is 1. The van der Waals surface area contributed by atoms with Crippen LogP contribution in [0.4, 0.5) is 0 Å². The van der Waals surface area contributed by atoms with Crippen LogP contribution in [0.5, 0.6) is 5.75 Å². The third kappa shape index (κ3) is 2.96. The number of hydrogen-bond acceptors (Lipinski definition) is 3. The molecule has 0 aliphatic carbocycles. The molecule has 0 saturated carbocycles. The van der Waals surface area contributed by atoms with Crippen molar-refractivity contribution in [1.82, 2.24) is 4.90 Å². The molecule has 0 saturated heterocycles. The van der Waals surface area contributed by atoms with Gasteiger partial charge in [0.15, 0.2) is 0 Å². The molecule has 0 bridgehead atoms. The summed E-state index contributed by atoms with van der Waals surface area (Å²) in [6, 6.07) is 5.25. The van der Waals surface area contributed by atoms with E-state index in [9.17, 15) is 9.90 Å². The predicted molar refractivity (Wildman–Crippen MR) is 73.3 cm³/mol. The maximum atomic E-state index is 12.3. The van der Waals surface area contributed by atoms with Crippen molar-refractivity contribution in [3.05, 3.63) is 41.0 Å². The molecule has 1 aliphatic rings. The van der Waals surface area contributed by atoms with Crippen LogP contribution in [-0.4, -0.2) is 42.7 Å². The zero-order chi connectivity index (χ0) is 13.8. The largest absolute Gasteiger partial charge is 0.507 e. The molecule has 0 fully saturated rings. The second-order valence-electron chi connectivity index (χ2n) is 4.77. The van der Waals surface area contributed by atoms with Crippen LogP contribution >= 0.6 is 0 Å². The minimum absolute atomic E-state index is 0.0826. The Labute approximate surface area is 113 Å². The summed E-state index contributed by atoms with van der Waals surface area (Å²) in [5.74, 6) is -0.0342. The van der Waals surface area contributed by atoms with Gasteiger partial charge in [0.05, 0.1) is 12.2 Å². The molecule has 0 atom stereocenters. The van der Waals surface area contributed by atoms with Gasteiger partial charge in [0, 0.05) is 20.2 Å². The van der Waals surface area contributed by atoms with Gasteiger partial charge >= 0.3 is 0 Å². The van der Waals surface area contributed by atoms with Crippen LogP contribution < -0.4 is 0 Å². The zero-order valence-corrected chi connectivity index (χ0v) is 11.3. The van der Waals surface area contributed by atoms with Gasteiger partial charge in [0.2, 0.25) is 0 Å². The number of methoxy groups -OCH3 is 1. The van der Waals surface area contributed by atoms with Crippen LogP contribution in [0.15, 0.2) is 29.8 Å². The molecule has 0 spiro atoms. The van der Waals surface area contributed by atoms with Crippen LogP contribution in [0.25, 0.3) is 0 Å². The standard InChI is InChI=1S/C15H19NO3/c1-11-4-3-5-13(14(11)17)15(18)16-8-6-12(7-9-16)10-19-2/h3-6,17H,7-10H2,1-2H3. The van der Waals surface area contributed by atoms with Gasteiger partial charge in [-0.3, -0.25) is 4.79 Å². The molecule has 4 heteroatoms. The number of phenolic OH excluding ortho intramolecular Hbond substituents is 1. The Balaban J connectivity index is 2.12. The summed E-state index contributed by atoms with van der Waals surface area (Å²) in [7, 11) is 1.67. The molecule has 1 heterocycles. The SMILES string of the molecule is COCC1=CCN(C(=O)c2cccc(C)c2O)CC1. The molecule has 19 heavy (non-hydrogen) atoms. The topological polar surface area (TPSA) is 49.8 Å². The smallest absolute Gasteiger partial charge is 0.257 e. The van der Waals surface area contributed by atoms with Gasteiger partial charge in [0.25, 0.3) is 5.91 Å². The van der Waals surface area contributed by atoms with Crippen LogP contribution in [0.1, 0.15) is 22.3 Å². The maximum Gasteiger partial charge on any atom is 0.257 e.